The van der Waals surface area contributed by atoms with Crippen molar-refractivity contribution < 1.29 is 68.8 Å². The maximum absolute atomic E-state index is 14.9. The summed E-state index contributed by atoms with van der Waals surface area (Å²) in [4.78, 5) is 58.9. The SMILES string of the molecule is COC(=O)[C@@]1([C@]2(C(=O)OC)[C-](C(=O)O[C@H]3CC[C@H]4[C@@H]5CCc6cc(O)ccc6[C@H]5CC[C@]34C)C2(C)C)[C-](C(=O)O[C@H]2CC[C@H]3[C@@H]4CCc5cc(O)ccc5[C@H]4CC[C@]23C)C1(C)C.[Pd+2]. The number of carbonyl (C=O) groups is 4. The predicted octanol–water partition coefficient (Wildman–Crippen LogP) is 8.88. The second-order valence-electron chi connectivity index (χ2n) is 22.1. The Morgan fingerprint density at radius 2 is 0.952 bits per heavy atom. The summed E-state index contributed by atoms with van der Waals surface area (Å²) in [5, 5.41) is 20.3. The molecular formula is C52H64O10Pd. The molecule has 11 heteroatoms. The largest absolute Gasteiger partial charge is 2.00 e. The Kier molecular flexibility index (Phi) is 10.4. The van der Waals surface area contributed by atoms with Crippen molar-refractivity contribution in [3.8, 4) is 11.5 Å². The first-order valence-corrected chi connectivity index (χ1v) is 23.3. The van der Waals surface area contributed by atoms with E-state index in [9.17, 15) is 29.4 Å². The quantitative estimate of drug-likeness (QED) is 0.120. The Morgan fingerprint density at radius 3 is 1.32 bits per heavy atom. The first kappa shape index (κ1) is 44.5. The Balaban J connectivity index is 0.00000504. The molecular weight excluding hydrogens is 891 g/mol. The molecule has 0 aliphatic heterocycles. The van der Waals surface area contributed by atoms with Gasteiger partial charge in [-0.2, -0.15) is 0 Å². The van der Waals surface area contributed by atoms with E-state index in [4.69, 9.17) is 18.9 Å². The summed E-state index contributed by atoms with van der Waals surface area (Å²) in [6.45, 7) is 11.6. The average molecular weight is 955 g/mol. The van der Waals surface area contributed by atoms with Gasteiger partial charge in [0.2, 0.25) is 0 Å². The third-order valence-electron chi connectivity index (χ3n) is 19.4. The van der Waals surface area contributed by atoms with Gasteiger partial charge in [-0.15, -0.1) is 10.8 Å². The van der Waals surface area contributed by atoms with Crippen molar-refractivity contribution in [1.29, 1.82) is 0 Å². The van der Waals surface area contributed by atoms with Gasteiger partial charge in [-0.05, 0) is 159 Å². The van der Waals surface area contributed by atoms with Gasteiger partial charge in [0.1, 0.15) is 23.7 Å². The maximum Gasteiger partial charge on any atom is 2.00 e. The van der Waals surface area contributed by atoms with Crippen molar-refractivity contribution in [3.63, 3.8) is 0 Å². The van der Waals surface area contributed by atoms with Gasteiger partial charge in [0.25, 0.3) is 11.9 Å². The van der Waals surface area contributed by atoms with Crippen LogP contribution in [0.3, 0.4) is 0 Å². The monoisotopic (exact) mass is 954 g/mol. The standard InChI is InChI=1S/C52H64O10.Pd/c1-47(2)41(43(55)61-39-19-17-37-35-13-9-27-25-29(53)11-15-31(27)33(35)21-23-49(37,39)5)51(47,45(57)59-7)52(46(58)60-8)42(48(52,3)4)44(56)62-40-20-18-38-36-14-10-28-26-30(54)12-16-32(28)34(36)22-24-50(38,40)6;/h11-12,15-16,25-26,33-40,53-54H,9-10,13-14,17-24H2,1-8H3;/q-2;+2/t33-,34-,35-,36-,37+,38+,39+,40+,49+,50+,51+,52+;/m1./s1. The predicted molar refractivity (Wildman–Crippen MR) is 228 cm³/mol. The van der Waals surface area contributed by atoms with Gasteiger partial charge in [0.15, 0.2) is 11.9 Å². The zero-order valence-electron chi connectivity index (χ0n) is 38.0. The molecule has 2 aromatic rings. The van der Waals surface area contributed by atoms with E-state index in [2.05, 4.69) is 26.0 Å². The van der Waals surface area contributed by atoms with Gasteiger partial charge in [-0.25, -0.2) is 0 Å². The summed E-state index contributed by atoms with van der Waals surface area (Å²) in [7, 11) is 2.51. The van der Waals surface area contributed by atoms with Gasteiger partial charge in [-0.1, -0.05) is 64.5 Å². The molecule has 0 spiro atoms. The summed E-state index contributed by atoms with van der Waals surface area (Å²) in [5.41, 5.74) is -1.54. The van der Waals surface area contributed by atoms with Crippen LogP contribution < -0.4 is 0 Å². The van der Waals surface area contributed by atoms with Crippen LogP contribution in [0, 0.1) is 68.0 Å². The van der Waals surface area contributed by atoms with Gasteiger partial charge in [-0.3, -0.25) is 31.0 Å². The summed E-state index contributed by atoms with van der Waals surface area (Å²) in [6.07, 6.45) is 10.0. The van der Waals surface area contributed by atoms with E-state index in [0.29, 0.717) is 59.8 Å². The first-order chi connectivity index (χ1) is 29.4. The number of esters is 4. The van der Waals surface area contributed by atoms with Crippen molar-refractivity contribution >= 4 is 23.9 Å². The number of carbonyl (C=O) groups excluding carboxylic acids is 4. The Labute approximate surface area is 386 Å². The molecule has 6 saturated carbocycles. The molecule has 2 aromatic carbocycles. The molecule has 6 fully saturated rings. The van der Waals surface area contributed by atoms with E-state index >= 15 is 0 Å². The fourth-order valence-corrected chi connectivity index (χ4v) is 16.6. The maximum atomic E-state index is 14.9. The fraction of sp³-hybridized carbons (Fsp3) is 0.654. The van der Waals surface area contributed by atoms with Crippen LogP contribution in [0.15, 0.2) is 36.4 Å². The number of phenolic OH excluding ortho intramolecular Hbond substituents is 2. The molecule has 8 aliphatic rings. The number of benzene rings is 2. The number of hydrogen-bond acceptors (Lipinski definition) is 10. The summed E-state index contributed by atoms with van der Waals surface area (Å²) >= 11 is 0. The van der Waals surface area contributed by atoms with Gasteiger partial charge in [0.05, 0.1) is 14.2 Å². The first-order valence-electron chi connectivity index (χ1n) is 23.3. The smallest absolute Gasteiger partial charge is 0.508 e. The van der Waals surface area contributed by atoms with E-state index in [1.807, 2.05) is 12.1 Å². The summed E-state index contributed by atoms with van der Waals surface area (Å²) < 4.78 is 24.3. The number of ether oxygens (including phenoxy) is 4. The van der Waals surface area contributed by atoms with Crippen molar-refractivity contribution in [2.45, 2.75) is 143 Å². The Hall–Kier alpha value is -3.68. The van der Waals surface area contributed by atoms with Gasteiger partial charge >= 0.3 is 20.4 Å². The van der Waals surface area contributed by atoms with E-state index in [1.54, 1.807) is 39.8 Å². The molecule has 0 heterocycles. The molecule has 10 nitrogen and oxygen atoms in total. The third-order valence-corrected chi connectivity index (χ3v) is 19.4. The number of aromatic hydroxyl groups is 2. The van der Waals surface area contributed by atoms with Crippen LogP contribution in [0.4, 0.5) is 0 Å². The van der Waals surface area contributed by atoms with Crippen molar-refractivity contribution in [3.05, 3.63) is 70.5 Å². The fourth-order valence-electron chi connectivity index (χ4n) is 16.6. The van der Waals surface area contributed by atoms with E-state index in [0.717, 1.165) is 64.2 Å². The molecule has 0 unspecified atom stereocenters. The molecule has 2 N–H and O–H groups in total. The second kappa shape index (κ2) is 14.7. The number of hydrogen-bond donors (Lipinski definition) is 2. The van der Waals surface area contributed by atoms with Crippen molar-refractivity contribution in [2.24, 2.45) is 56.2 Å². The van der Waals surface area contributed by atoms with Crippen LogP contribution in [0.5, 0.6) is 11.5 Å². The number of methoxy groups -OCH3 is 2. The molecule has 0 bridgehead atoms. The van der Waals surface area contributed by atoms with E-state index in [-0.39, 0.29) is 55.3 Å². The molecule has 342 valence electrons. The second-order valence-corrected chi connectivity index (χ2v) is 22.1. The molecule has 8 aliphatic carbocycles. The molecule has 0 saturated heterocycles. The zero-order valence-corrected chi connectivity index (χ0v) is 39.6. The van der Waals surface area contributed by atoms with E-state index in [1.165, 1.54) is 36.5 Å². The summed E-state index contributed by atoms with van der Waals surface area (Å²) in [5.74, 6) is 0.477. The number of phenols is 2. The number of rotatable bonds is 7. The molecule has 0 amide bonds. The van der Waals surface area contributed by atoms with Crippen molar-refractivity contribution in [1.82, 2.24) is 0 Å². The molecule has 12 atom stereocenters. The Bertz CT molecular complexity index is 2100. The average Bonchev–Trinajstić information content (AvgIpc) is 3.78. The van der Waals surface area contributed by atoms with Crippen LogP contribution in [-0.2, 0) is 71.4 Å². The summed E-state index contributed by atoms with van der Waals surface area (Å²) in [6, 6.07) is 11.6. The Morgan fingerprint density at radius 1 is 0.571 bits per heavy atom. The van der Waals surface area contributed by atoms with Crippen LogP contribution in [0.25, 0.3) is 0 Å². The topological polar surface area (TPSA) is 146 Å². The molecule has 63 heavy (non-hydrogen) atoms. The van der Waals surface area contributed by atoms with Crippen LogP contribution in [0.2, 0.25) is 0 Å². The van der Waals surface area contributed by atoms with Crippen molar-refractivity contribution in [2.75, 3.05) is 14.2 Å². The van der Waals surface area contributed by atoms with Gasteiger partial charge < -0.3 is 29.2 Å². The number of fused-ring (bicyclic) bond motifs is 10. The van der Waals surface area contributed by atoms with Crippen LogP contribution in [0.1, 0.15) is 140 Å². The van der Waals surface area contributed by atoms with E-state index < -0.39 is 45.5 Å². The molecule has 0 radical (unpaired) electrons. The minimum atomic E-state index is -1.85. The minimum absolute atomic E-state index is 0. The molecule has 10 rings (SSSR count). The van der Waals surface area contributed by atoms with Crippen LogP contribution >= 0.6 is 0 Å². The number of aryl methyl sites for hydroxylation is 2. The van der Waals surface area contributed by atoms with Crippen LogP contribution in [-0.4, -0.2) is 60.5 Å². The zero-order chi connectivity index (χ0) is 44.1. The third kappa shape index (κ3) is 5.63. The minimum Gasteiger partial charge on any atom is -0.508 e. The normalized spacial score (nSPS) is 39.4. The van der Waals surface area contributed by atoms with Gasteiger partial charge in [0, 0.05) is 10.8 Å². The molecule has 0 aromatic heterocycles.